The average molecular weight is 501 g/mol. The zero-order valence-corrected chi connectivity index (χ0v) is 22.0. The molecule has 1 aliphatic heterocycles. The molecular formula is C28H36N8O. The van der Waals surface area contributed by atoms with Crippen molar-refractivity contribution >= 4 is 39.4 Å². The summed E-state index contributed by atoms with van der Waals surface area (Å²) < 4.78 is 2.40. The van der Waals surface area contributed by atoms with Crippen molar-refractivity contribution in [1.29, 1.82) is 0 Å². The minimum atomic E-state index is -0.663. The Kier molecular flexibility index (Phi) is 6.20. The van der Waals surface area contributed by atoms with E-state index in [1.54, 1.807) is 0 Å². The van der Waals surface area contributed by atoms with E-state index in [2.05, 4.69) is 53.7 Å². The van der Waals surface area contributed by atoms with Crippen molar-refractivity contribution in [3.8, 4) is 0 Å². The molecule has 4 aromatic heterocycles. The fraction of sp³-hybridized carbons (Fsp3) is 0.500. The van der Waals surface area contributed by atoms with E-state index in [1.165, 1.54) is 36.6 Å². The Labute approximate surface area is 217 Å². The lowest BCUT2D eigenvalue weighted by Gasteiger charge is -2.38. The van der Waals surface area contributed by atoms with Crippen molar-refractivity contribution in [3.63, 3.8) is 0 Å². The number of rotatable bonds is 6. The fourth-order valence-electron chi connectivity index (χ4n) is 5.98. The zero-order valence-electron chi connectivity index (χ0n) is 22.0. The molecule has 9 heteroatoms. The van der Waals surface area contributed by atoms with Crippen molar-refractivity contribution in [2.75, 3.05) is 42.9 Å². The van der Waals surface area contributed by atoms with E-state index >= 15 is 0 Å². The van der Waals surface area contributed by atoms with Crippen molar-refractivity contribution < 1.29 is 5.11 Å². The van der Waals surface area contributed by atoms with E-state index in [0.717, 1.165) is 54.4 Å². The maximum atomic E-state index is 10.1. The molecule has 0 aromatic carbocycles. The highest BCUT2D eigenvalue weighted by atomic mass is 16.3. The van der Waals surface area contributed by atoms with Gasteiger partial charge in [0.2, 0.25) is 5.95 Å². The quantitative estimate of drug-likeness (QED) is 0.401. The number of hydrogen-bond donors (Lipinski definition) is 2. The second-order valence-electron chi connectivity index (χ2n) is 11.1. The molecular weight excluding hydrogens is 464 g/mol. The zero-order chi connectivity index (χ0) is 25.6. The van der Waals surface area contributed by atoms with Crippen LogP contribution >= 0.6 is 0 Å². The van der Waals surface area contributed by atoms with Crippen molar-refractivity contribution in [3.05, 3.63) is 42.5 Å². The van der Waals surface area contributed by atoms with Crippen molar-refractivity contribution in [2.45, 2.75) is 58.1 Å². The Bertz CT molecular complexity index is 1390. The van der Waals surface area contributed by atoms with Gasteiger partial charge in [0.1, 0.15) is 11.5 Å². The molecule has 0 radical (unpaired) electrons. The molecule has 2 N–H and O–H groups in total. The normalized spacial score (nSPS) is 17.8. The van der Waals surface area contributed by atoms with Crippen LogP contribution in [0.4, 0.5) is 17.5 Å². The molecule has 2 fully saturated rings. The first-order chi connectivity index (χ1) is 17.9. The maximum absolute atomic E-state index is 10.1. The molecule has 1 aliphatic carbocycles. The van der Waals surface area contributed by atoms with Gasteiger partial charge >= 0.3 is 0 Å². The van der Waals surface area contributed by atoms with Gasteiger partial charge in [0, 0.05) is 61.9 Å². The van der Waals surface area contributed by atoms with Gasteiger partial charge in [0.05, 0.1) is 28.7 Å². The van der Waals surface area contributed by atoms with Crippen LogP contribution < -0.4 is 10.2 Å². The summed E-state index contributed by atoms with van der Waals surface area (Å²) in [7, 11) is 0. The minimum Gasteiger partial charge on any atom is -0.389 e. The van der Waals surface area contributed by atoms with Gasteiger partial charge in [-0.1, -0.05) is 12.8 Å². The van der Waals surface area contributed by atoms with E-state index in [4.69, 9.17) is 4.98 Å². The van der Waals surface area contributed by atoms with Crippen LogP contribution in [0.15, 0.2) is 36.8 Å². The third-order valence-corrected chi connectivity index (χ3v) is 7.66. The Hall–Kier alpha value is -3.30. The van der Waals surface area contributed by atoms with E-state index in [-0.39, 0.29) is 0 Å². The van der Waals surface area contributed by atoms with Gasteiger partial charge in [-0.25, -0.2) is 9.97 Å². The van der Waals surface area contributed by atoms with Gasteiger partial charge in [0.15, 0.2) is 0 Å². The number of fused-ring (bicyclic) bond motifs is 3. The summed E-state index contributed by atoms with van der Waals surface area (Å²) in [6, 6.07) is 6.63. The Morgan fingerprint density at radius 2 is 1.76 bits per heavy atom. The topological polar surface area (TPSA) is 95.2 Å². The van der Waals surface area contributed by atoms with Crippen LogP contribution in [0, 0.1) is 6.92 Å². The first kappa shape index (κ1) is 24.1. The van der Waals surface area contributed by atoms with E-state index in [0.29, 0.717) is 18.5 Å². The molecule has 4 aromatic rings. The molecule has 0 unspecified atom stereocenters. The highest BCUT2D eigenvalue weighted by Gasteiger charge is 2.25. The second-order valence-corrected chi connectivity index (χ2v) is 11.1. The maximum Gasteiger partial charge on any atom is 0.230 e. The number of hydrogen-bond acceptors (Lipinski definition) is 8. The molecule has 2 aliphatic rings. The lowest BCUT2D eigenvalue weighted by atomic mass is 10.1. The van der Waals surface area contributed by atoms with Gasteiger partial charge in [-0.3, -0.25) is 9.88 Å². The molecule has 0 atom stereocenters. The molecule has 194 valence electrons. The largest absolute Gasteiger partial charge is 0.389 e. The summed E-state index contributed by atoms with van der Waals surface area (Å²) in [4.78, 5) is 23.5. The van der Waals surface area contributed by atoms with E-state index in [1.807, 2.05) is 38.5 Å². The second kappa shape index (κ2) is 9.54. The number of nitrogens with zero attached hydrogens (tertiary/aromatic N) is 7. The van der Waals surface area contributed by atoms with Crippen LogP contribution in [0.5, 0.6) is 0 Å². The van der Waals surface area contributed by atoms with Crippen LogP contribution in [-0.4, -0.2) is 72.8 Å². The summed E-state index contributed by atoms with van der Waals surface area (Å²) in [6.45, 7) is 10.2. The number of piperazine rings is 1. The van der Waals surface area contributed by atoms with Crippen LogP contribution in [0.25, 0.3) is 21.9 Å². The van der Waals surface area contributed by atoms with Crippen LogP contribution in [0.3, 0.4) is 0 Å². The molecule has 6 rings (SSSR count). The standard InChI is InChI=1S/C28H36N8O/c1-19-25-22(10-11-29-19)23-17-31-27(33-26(23)36(25)20-6-4-5-7-20)32-24-9-8-21(16-30-24)35-14-12-34(13-15-35)18-28(2,3)37/h8-11,16-17,20,37H,4-7,12-15,18H2,1-3H3,(H,30,31,32,33). The van der Waals surface area contributed by atoms with Crippen LogP contribution in [0.2, 0.25) is 0 Å². The first-order valence-electron chi connectivity index (χ1n) is 13.4. The number of aryl methyl sites for hydroxylation is 1. The lowest BCUT2D eigenvalue weighted by molar-refractivity contribution is 0.0345. The molecule has 1 saturated heterocycles. The summed E-state index contributed by atoms with van der Waals surface area (Å²) in [5.74, 6) is 1.28. The van der Waals surface area contributed by atoms with Gasteiger partial charge in [-0.05, 0) is 51.8 Å². The van der Waals surface area contributed by atoms with Crippen molar-refractivity contribution in [1.82, 2.24) is 29.4 Å². The SMILES string of the molecule is Cc1nccc2c3cnc(Nc4ccc(N5CCN(CC(C)(C)O)CC5)cn4)nc3n(C3CCCC3)c12. The molecule has 9 nitrogen and oxygen atoms in total. The summed E-state index contributed by atoms with van der Waals surface area (Å²) in [6.07, 6.45) is 10.6. The molecule has 0 bridgehead atoms. The lowest BCUT2D eigenvalue weighted by Crippen LogP contribution is -2.50. The van der Waals surface area contributed by atoms with Crippen molar-refractivity contribution in [2.24, 2.45) is 0 Å². The minimum absolute atomic E-state index is 0.451. The fourth-order valence-corrected chi connectivity index (χ4v) is 5.98. The summed E-state index contributed by atoms with van der Waals surface area (Å²) >= 11 is 0. The van der Waals surface area contributed by atoms with E-state index in [9.17, 15) is 5.11 Å². The van der Waals surface area contributed by atoms with Gasteiger partial charge in [-0.15, -0.1) is 0 Å². The monoisotopic (exact) mass is 500 g/mol. The molecule has 0 amide bonds. The average Bonchev–Trinajstić information content (AvgIpc) is 3.51. The molecule has 1 saturated carbocycles. The van der Waals surface area contributed by atoms with Crippen LogP contribution in [0.1, 0.15) is 51.3 Å². The predicted octanol–water partition coefficient (Wildman–Crippen LogP) is 4.43. The van der Waals surface area contributed by atoms with Gasteiger partial charge < -0.3 is 19.9 Å². The number of aromatic nitrogens is 5. The highest BCUT2D eigenvalue weighted by molar-refractivity contribution is 6.07. The molecule has 37 heavy (non-hydrogen) atoms. The molecule has 0 spiro atoms. The number of pyridine rings is 2. The number of aliphatic hydroxyl groups is 1. The predicted molar refractivity (Wildman–Crippen MR) is 148 cm³/mol. The number of anilines is 3. The van der Waals surface area contributed by atoms with E-state index < -0.39 is 5.60 Å². The third kappa shape index (κ3) is 4.85. The van der Waals surface area contributed by atoms with Crippen LogP contribution in [-0.2, 0) is 0 Å². The third-order valence-electron chi connectivity index (χ3n) is 7.66. The number of β-amino-alcohol motifs (C(OH)–C–C–N with tert-alkyl or cyclic N) is 1. The Morgan fingerprint density at radius 1 is 0.973 bits per heavy atom. The highest BCUT2D eigenvalue weighted by Crippen LogP contribution is 2.38. The number of nitrogens with one attached hydrogen (secondary N) is 1. The van der Waals surface area contributed by atoms with Gasteiger partial charge in [0.25, 0.3) is 0 Å². The summed E-state index contributed by atoms with van der Waals surface area (Å²) in [5.41, 5.74) is 3.63. The Balaban J connectivity index is 1.22. The smallest absolute Gasteiger partial charge is 0.230 e. The summed E-state index contributed by atoms with van der Waals surface area (Å²) in [5, 5.41) is 15.7. The van der Waals surface area contributed by atoms with Gasteiger partial charge in [-0.2, -0.15) is 4.98 Å². The Morgan fingerprint density at radius 3 is 2.46 bits per heavy atom. The molecule has 5 heterocycles. The first-order valence-corrected chi connectivity index (χ1v) is 13.4.